The lowest BCUT2D eigenvalue weighted by atomic mass is 10.2. The van der Waals surface area contributed by atoms with Crippen LogP contribution in [0.3, 0.4) is 0 Å². The van der Waals surface area contributed by atoms with Crippen molar-refractivity contribution in [2.75, 3.05) is 5.73 Å². The number of nitrogen functional groups attached to an aromatic ring is 1. The summed E-state index contributed by atoms with van der Waals surface area (Å²) in [6, 6.07) is 8.16. The third-order valence-corrected chi connectivity index (χ3v) is 2.11. The number of nitrogens with zero attached hydrogens (tertiary/aromatic N) is 1. The first-order valence-corrected chi connectivity index (χ1v) is 4.93. The zero-order chi connectivity index (χ0) is 12.3. The minimum Gasteiger partial charge on any atom is -0.456 e. The molecule has 1 amide bonds. The molecule has 0 spiro atoms. The lowest BCUT2D eigenvalue weighted by Crippen LogP contribution is -2.10. The zero-order valence-corrected chi connectivity index (χ0v) is 8.96. The van der Waals surface area contributed by atoms with Crippen LogP contribution in [0.25, 0.3) is 0 Å². The van der Waals surface area contributed by atoms with Gasteiger partial charge in [0.1, 0.15) is 11.5 Å². The fraction of sp³-hybridized carbons (Fsp3) is 0. The monoisotopic (exact) mass is 229 g/mol. The van der Waals surface area contributed by atoms with Gasteiger partial charge in [-0.05, 0) is 24.3 Å². The molecule has 0 fully saturated rings. The lowest BCUT2D eigenvalue weighted by Gasteiger charge is -2.05. The maximum absolute atomic E-state index is 10.9. The summed E-state index contributed by atoms with van der Waals surface area (Å²) in [5, 5.41) is 0. The van der Waals surface area contributed by atoms with Crippen molar-refractivity contribution in [1.29, 1.82) is 0 Å². The lowest BCUT2D eigenvalue weighted by molar-refractivity contribution is 0.100. The van der Waals surface area contributed by atoms with E-state index in [2.05, 4.69) is 4.98 Å². The molecule has 5 nitrogen and oxygen atoms in total. The molecule has 0 aliphatic carbocycles. The van der Waals surface area contributed by atoms with Gasteiger partial charge in [-0.1, -0.05) is 0 Å². The smallest absolute Gasteiger partial charge is 0.248 e. The average molecular weight is 229 g/mol. The van der Waals surface area contributed by atoms with Gasteiger partial charge in [-0.3, -0.25) is 9.78 Å². The maximum Gasteiger partial charge on any atom is 0.248 e. The Morgan fingerprint density at radius 2 is 1.82 bits per heavy atom. The SMILES string of the molecule is NC(=O)c1ccc(Oc2cncc(N)c2)cc1. The number of hydrogen-bond donors (Lipinski definition) is 2. The van der Waals surface area contributed by atoms with Gasteiger partial charge < -0.3 is 16.2 Å². The molecule has 0 unspecified atom stereocenters. The number of benzene rings is 1. The molecule has 0 atom stereocenters. The summed E-state index contributed by atoms with van der Waals surface area (Å²) < 4.78 is 5.50. The van der Waals surface area contributed by atoms with Crippen LogP contribution < -0.4 is 16.2 Å². The van der Waals surface area contributed by atoms with Crippen LogP contribution in [0.4, 0.5) is 5.69 Å². The quantitative estimate of drug-likeness (QED) is 0.835. The summed E-state index contributed by atoms with van der Waals surface area (Å²) in [6.45, 7) is 0. The molecule has 0 radical (unpaired) electrons. The van der Waals surface area contributed by atoms with E-state index in [-0.39, 0.29) is 0 Å². The van der Waals surface area contributed by atoms with Crippen molar-refractivity contribution in [1.82, 2.24) is 4.98 Å². The number of rotatable bonds is 3. The normalized spacial score (nSPS) is 9.88. The van der Waals surface area contributed by atoms with E-state index < -0.39 is 5.91 Å². The standard InChI is InChI=1S/C12H11N3O2/c13-9-5-11(7-15-6-9)17-10-3-1-8(2-4-10)12(14)16/h1-7H,13H2,(H2,14,16). The van der Waals surface area contributed by atoms with Gasteiger partial charge in [-0.15, -0.1) is 0 Å². The largest absolute Gasteiger partial charge is 0.456 e. The molecule has 1 heterocycles. The zero-order valence-electron chi connectivity index (χ0n) is 8.96. The summed E-state index contributed by atoms with van der Waals surface area (Å²) in [7, 11) is 0. The van der Waals surface area contributed by atoms with E-state index >= 15 is 0 Å². The van der Waals surface area contributed by atoms with Crippen LogP contribution in [-0.4, -0.2) is 10.9 Å². The Kier molecular flexibility index (Phi) is 2.91. The van der Waals surface area contributed by atoms with Crippen LogP contribution in [0.1, 0.15) is 10.4 Å². The molecule has 0 saturated carbocycles. The molecule has 2 rings (SSSR count). The van der Waals surface area contributed by atoms with Gasteiger partial charge in [-0.2, -0.15) is 0 Å². The second-order valence-electron chi connectivity index (χ2n) is 3.44. The fourth-order valence-electron chi connectivity index (χ4n) is 1.31. The van der Waals surface area contributed by atoms with Gasteiger partial charge in [0.05, 0.1) is 18.1 Å². The van der Waals surface area contributed by atoms with Crippen molar-refractivity contribution in [2.24, 2.45) is 5.73 Å². The van der Waals surface area contributed by atoms with E-state index in [1.54, 1.807) is 36.5 Å². The number of hydrogen-bond acceptors (Lipinski definition) is 4. The third kappa shape index (κ3) is 2.72. The predicted octanol–water partition coefficient (Wildman–Crippen LogP) is 1.55. The first-order valence-electron chi connectivity index (χ1n) is 4.93. The highest BCUT2D eigenvalue weighted by Gasteiger charge is 2.01. The Labute approximate surface area is 98.0 Å². The van der Waals surface area contributed by atoms with E-state index in [0.29, 0.717) is 22.7 Å². The Balaban J connectivity index is 2.16. The van der Waals surface area contributed by atoms with Crippen LogP contribution in [0, 0.1) is 0 Å². The highest BCUT2D eigenvalue weighted by atomic mass is 16.5. The van der Waals surface area contributed by atoms with Gasteiger partial charge in [0.25, 0.3) is 0 Å². The van der Waals surface area contributed by atoms with Crippen molar-refractivity contribution in [3.8, 4) is 11.5 Å². The van der Waals surface area contributed by atoms with Gasteiger partial charge in [0.2, 0.25) is 5.91 Å². The number of pyridine rings is 1. The summed E-state index contributed by atoms with van der Waals surface area (Å²) >= 11 is 0. The molecule has 1 aromatic carbocycles. The molecule has 1 aromatic heterocycles. The Morgan fingerprint density at radius 3 is 2.41 bits per heavy atom. The van der Waals surface area contributed by atoms with E-state index in [9.17, 15) is 4.79 Å². The number of carbonyl (C=O) groups is 1. The molecular formula is C12H11N3O2. The number of carbonyl (C=O) groups excluding carboxylic acids is 1. The molecule has 5 heteroatoms. The van der Waals surface area contributed by atoms with Crippen LogP contribution in [-0.2, 0) is 0 Å². The van der Waals surface area contributed by atoms with E-state index in [0.717, 1.165) is 0 Å². The predicted molar refractivity (Wildman–Crippen MR) is 63.7 cm³/mol. The number of amides is 1. The second-order valence-corrected chi connectivity index (χ2v) is 3.44. The van der Waals surface area contributed by atoms with E-state index in [1.165, 1.54) is 6.20 Å². The third-order valence-electron chi connectivity index (χ3n) is 2.11. The first-order chi connectivity index (χ1) is 8.15. The van der Waals surface area contributed by atoms with Gasteiger partial charge in [0, 0.05) is 11.6 Å². The summed E-state index contributed by atoms with van der Waals surface area (Å²) in [5.41, 5.74) is 11.7. The molecule has 0 aliphatic rings. The molecule has 0 saturated heterocycles. The minimum atomic E-state index is -0.470. The van der Waals surface area contributed by atoms with Crippen molar-refractivity contribution in [3.63, 3.8) is 0 Å². The number of aromatic nitrogens is 1. The fourth-order valence-corrected chi connectivity index (χ4v) is 1.31. The summed E-state index contributed by atoms with van der Waals surface area (Å²) in [4.78, 5) is 14.8. The highest BCUT2D eigenvalue weighted by molar-refractivity contribution is 5.92. The molecule has 0 bridgehead atoms. The number of ether oxygens (including phenoxy) is 1. The van der Waals surface area contributed by atoms with E-state index in [4.69, 9.17) is 16.2 Å². The molecule has 17 heavy (non-hydrogen) atoms. The van der Waals surface area contributed by atoms with Gasteiger partial charge in [0.15, 0.2) is 0 Å². The van der Waals surface area contributed by atoms with Crippen molar-refractivity contribution < 1.29 is 9.53 Å². The van der Waals surface area contributed by atoms with Gasteiger partial charge >= 0.3 is 0 Å². The Hall–Kier alpha value is -2.56. The number of anilines is 1. The average Bonchev–Trinajstić information content (AvgIpc) is 2.29. The van der Waals surface area contributed by atoms with Crippen LogP contribution in [0.2, 0.25) is 0 Å². The Bertz CT molecular complexity index is 538. The van der Waals surface area contributed by atoms with Crippen LogP contribution in [0.5, 0.6) is 11.5 Å². The van der Waals surface area contributed by atoms with Gasteiger partial charge in [-0.25, -0.2) is 0 Å². The molecule has 0 aliphatic heterocycles. The Morgan fingerprint density at radius 1 is 1.12 bits per heavy atom. The molecule has 4 N–H and O–H groups in total. The van der Waals surface area contributed by atoms with Crippen molar-refractivity contribution >= 4 is 11.6 Å². The van der Waals surface area contributed by atoms with Crippen LogP contribution in [0.15, 0.2) is 42.7 Å². The first kappa shape index (κ1) is 10.9. The topological polar surface area (TPSA) is 91.2 Å². The summed E-state index contributed by atoms with van der Waals surface area (Å²) in [6.07, 6.45) is 3.08. The van der Waals surface area contributed by atoms with E-state index in [1.807, 2.05) is 0 Å². The number of primary amides is 1. The van der Waals surface area contributed by atoms with Crippen LogP contribution >= 0.6 is 0 Å². The highest BCUT2D eigenvalue weighted by Crippen LogP contribution is 2.22. The van der Waals surface area contributed by atoms with Crippen molar-refractivity contribution in [2.45, 2.75) is 0 Å². The molecular weight excluding hydrogens is 218 g/mol. The van der Waals surface area contributed by atoms with Crippen molar-refractivity contribution in [3.05, 3.63) is 48.3 Å². The maximum atomic E-state index is 10.9. The minimum absolute atomic E-state index is 0.433. The summed E-state index contributed by atoms with van der Waals surface area (Å²) in [5.74, 6) is 0.654. The molecule has 2 aromatic rings. The second kappa shape index (κ2) is 4.52. The number of nitrogens with two attached hydrogens (primary N) is 2. The molecule has 86 valence electrons.